The number of nitrogens with two attached hydrogens (primary N) is 1. The van der Waals surface area contributed by atoms with E-state index in [1.54, 1.807) is 12.1 Å². The van der Waals surface area contributed by atoms with Gasteiger partial charge in [-0.15, -0.1) is 0 Å². The van der Waals surface area contributed by atoms with Crippen LogP contribution in [-0.2, 0) is 0 Å². The third-order valence-corrected chi connectivity index (χ3v) is 4.28. The van der Waals surface area contributed by atoms with Gasteiger partial charge >= 0.3 is 0 Å². The summed E-state index contributed by atoms with van der Waals surface area (Å²) in [7, 11) is 0. The van der Waals surface area contributed by atoms with Crippen LogP contribution in [0.25, 0.3) is 0 Å². The van der Waals surface area contributed by atoms with E-state index in [4.69, 9.17) is 5.73 Å². The summed E-state index contributed by atoms with van der Waals surface area (Å²) >= 11 is 0. The molecular formula is C19H23N3O. The zero-order valence-corrected chi connectivity index (χ0v) is 13.3. The van der Waals surface area contributed by atoms with Crippen LogP contribution in [0.1, 0.15) is 36.0 Å². The van der Waals surface area contributed by atoms with E-state index in [0.29, 0.717) is 11.3 Å². The standard InChI is InChI=1S/C19H23N3O/c20-18-11-4-3-10-17(18)19(23)21-15-8-7-9-16(14-15)22-12-5-1-2-6-13-22/h3-4,7-11,14H,1-2,5-6,12-13,20H2,(H,21,23). The minimum absolute atomic E-state index is 0.170. The Kier molecular flexibility index (Phi) is 4.81. The zero-order chi connectivity index (χ0) is 16.1. The number of nitrogens with one attached hydrogen (secondary N) is 1. The number of carbonyl (C=O) groups is 1. The number of hydrogen-bond donors (Lipinski definition) is 2. The Morgan fingerprint density at radius 2 is 1.70 bits per heavy atom. The summed E-state index contributed by atoms with van der Waals surface area (Å²) in [5.41, 5.74) is 8.85. The lowest BCUT2D eigenvalue weighted by Gasteiger charge is -2.23. The molecule has 1 aliphatic heterocycles. The van der Waals surface area contributed by atoms with Gasteiger partial charge in [-0.1, -0.05) is 31.0 Å². The Morgan fingerprint density at radius 3 is 2.43 bits per heavy atom. The topological polar surface area (TPSA) is 58.4 Å². The fourth-order valence-corrected chi connectivity index (χ4v) is 3.01. The molecule has 3 rings (SSSR count). The van der Waals surface area contributed by atoms with Crippen molar-refractivity contribution in [3.63, 3.8) is 0 Å². The molecule has 0 radical (unpaired) electrons. The third kappa shape index (κ3) is 3.83. The van der Waals surface area contributed by atoms with Crippen molar-refractivity contribution in [3.8, 4) is 0 Å². The highest BCUT2D eigenvalue weighted by molar-refractivity contribution is 6.07. The number of rotatable bonds is 3. The van der Waals surface area contributed by atoms with Gasteiger partial charge < -0.3 is 16.0 Å². The summed E-state index contributed by atoms with van der Waals surface area (Å²) in [4.78, 5) is 14.8. The average molecular weight is 309 g/mol. The number of para-hydroxylation sites is 1. The van der Waals surface area contributed by atoms with Crippen molar-refractivity contribution >= 4 is 23.0 Å². The van der Waals surface area contributed by atoms with E-state index in [2.05, 4.69) is 16.3 Å². The highest BCUT2D eigenvalue weighted by Gasteiger charge is 2.12. The molecule has 2 aromatic rings. The van der Waals surface area contributed by atoms with Crippen LogP contribution in [0.15, 0.2) is 48.5 Å². The fourth-order valence-electron chi connectivity index (χ4n) is 3.01. The summed E-state index contributed by atoms with van der Waals surface area (Å²) in [5, 5.41) is 2.95. The van der Waals surface area contributed by atoms with E-state index in [9.17, 15) is 4.79 Å². The SMILES string of the molecule is Nc1ccccc1C(=O)Nc1cccc(N2CCCCCC2)c1. The first kappa shape index (κ1) is 15.4. The smallest absolute Gasteiger partial charge is 0.257 e. The second-order valence-corrected chi connectivity index (χ2v) is 5.99. The molecule has 0 saturated carbocycles. The Balaban J connectivity index is 1.75. The molecule has 4 nitrogen and oxygen atoms in total. The number of nitrogens with zero attached hydrogens (tertiary/aromatic N) is 1. The number of anilines is 3. The predicted molar refractivity (Wildman–Crippen MR) is 95.9 cm³/mol. The summed E-state index contributed by atoms with van der Waals surface area (Å²) < 4.78 is 0. The summed E-state index contributed by atoms with van der Waals surface area (Å²) in [5.74, 6) is -0.170. The summed E-state index contributed by atoms with van der Waals surface area (Å²) in [6.45, 7) is 2.17. The molecule has 0 aromatic heterocycles. The van der Waals surface area contributed by atoms with E-state index in [1.807, 2.05) is 30.3 Å². The van der Waals surface area contributed by atoms with Crippen LogP contribution in [0.3, 0.4) is 0 Å². The fraction of sp³-hybridized carbons (Fsp3) is 0.316. The molecule has 0 unspecified atom stereocenters. The van der Waals surface area contributed by atoms with Gasteiger partial charge in [0.25, 0.3) is 5.91 Å². The van der Waals surface area contributed by atoms with Gasteiger partial charge in [0.1, 0.15) is 0 Å². The number of carbonyl (C=O) groups excluding carboxylic acids is 1. The average Bonchev–Trinajstić information content (AvgIpc) is 2.85. The number of nitrogen functional groups attached to an aromatic ring is 1. The van der Waals surface area contributed by atoms with Crippen molar-refractivity contribution in [2.45, 2.75) is 25.7 Å². The van der Waals surface area contributed by atoms with Crippen LogP contribution < -0.4 is 16.0 Å². The molecule has 0 atom stereocenters. The maximum absolute atomic E-state index is 12.4. The lowest BCUT2D eigenvalue weighted by molar-refractivity contribution is 0.102. The Bertz CT molecular complexity index is 676. The lowest BCUT2D eigenvalue weighted by Crippen LogP contribution is -2.24. The number of hydrogen-bond acceptors (Lipinski definition) is 3. The van der Waals surface area contributed by atoms with Gasteiger partial charge in [-0.05, 0) is 43.2 Å². The van der Waals surface area contributed by atoms with Crippen LogP contribution in [0.4, 0.5) is 17.1 Å². The third-order valence-electron chi connectivity index (χ3n) is 4.28. The van der Waals surface area contributed by atoms with Crippen LogP contribution in [0.5, 0.6) is 0 Å². The van der Waals surface area contributed by atoms with Crippen molar-refractivity contribution in [1.29, 1.82) is 0 Å². The van der Waals surface area contributed by atoms with E-state index in [1.165, 1.54) is 31.4 Å². The van der Waals surface area contributed by atoms with Crippen molar-refractivity contribution in [2.24, 2.45) is 0 Å². The van der Waals surface area contributed by atoms with E-state index < -0.39 is 0 Å². The molecule has 1 fully saturated rings. The lowest BCUT2D eigenvalue weighted by atomic mass is 10.1. The second-order valence-electron chi connectivity index (χ2n) is 5.99. The monoisotopic (exact) mass is 309 g/mol. The van der Waals surface area contributed by atoms with Gasteiger partial charge in [-0.3, -0.25) is 4.79 Å². The van der Waals surface area contributed by atoms with Crippen molar-refractivity contribution < 1.29 is 4.79 Å². The van der Waals surface area contributed by atoms with Crippen LogP contribution in [0, 0.1) is 0 Å². The highest BCUT2D eigenvalue weighted by Crippen LogP contribution is 2.23. The number of amides is 1. The first-order valence-electron chi connectivity index (χ1n) is 8.25. The van der Waals surface area contributed by atoms with Crippen molar-refractivity contribution in [1.82, 2.24) is 0 Å². The minimum Gasteiger partial charge on any atom is -0.398 e. The minimum atomic E-state index is -0.170. The maximum Gasteiger partial charge on any atom is 0.257 e. The van der Waals surface area contributed by atoms with E-state index >= 15 is 0 Å². The maximum atomic E-state index is 12.4. The Morgan fingerprint density at radius 1 is 0.957 bits per heavy atom. The van der Waals surface area contributed by atoms with Crippen molar-refractivity contribution in [3.05, 3.63) is 54.1 Å². The van der Waals surface area contributed by atoms with Crippen molar-refractivity contribution in [2.75, 3.05) is 29.0 Å². The van der Waals surface area contributed by atoms with Crippen LogP contribution in [-0.4, -0.2) is 19.0 Å². The molecule has 23 heavy (non-hydrogen) atoms. The normalized spacial score (nSPS) is 15.0. The molecule has 0 spiro atoms. The van der Waals surface area contributed by atoms with Crippen LogP contribution in [0.2, 0.25) is 0 Å². The largest absolute Gasteiger partial charge is 0.398 e. The highest BCUT2D eigenvalue weighted by atomic mass is 16.1. The first-order chi connectivity index (χ1) is 11.2. The summed E-state index contributed by atoms with van der Waals surface area (Å²) in [6, 6.07) is 15.2. The molecule has 2 aromatic carbocycles. The molecule has 1 saturated heterocycles. The molecule has 3 N–H and O–H groups in total. The zero-order valence-electron chi connectivity index (χ0n) is 13.3. The molecule has 120 valence electrons. The first-order valence-corrected chi connectivity index (χ1v) is 8.25. The van der Waals surface area contributed by atoms with Gasteiger partial charge in [-0.2, -0.15) is 0 Å². The predicted octanol–water partition coefficient (Wildman–Crippen LogP) is 3.90. The van der Waals surface area contributed by atoms with E-state index in [0.717, 1.165) is 18.8 Å². The molecule has 0 bridgehead atoms. The molecule has 1 heterocycles. The molecule has 4 heteroatoms. The summed E-state index contributed by atoms with van der Waals surface area (Å²) in [6.07, 6.45) is 5.08. The second kappa shape index (κ2) is 7.18. The molecule has 1 amide bonds. The molecule has 1 aliphatic rings. The van der Waals surface area contributed by atoms with E-state index in [-0.39, 0.29) is 5.91 Å². The van der Waals surface area contributed by atoms with Crippen LogP contribution >= 0.6 is 0 Å². The Hall–Kier alpha value is -2.49. The molecule has 0 aliphatic carbocycles. The van der Waals surface area contributed by atoms with Gasteiger partial charge in [0.2, 0.25) is 0 Å². The van der Waals surface area contributed by atoms with Gasteiger partial charge in [-0.25, -0.2) is 0 Å². The Labute approximate surface area is 137 Å². The van der Waals surface area contributed by atoms with Gasteiger partial charge in [0.15, 0.2) is 0 Å². The number of benzene rings is 2. The van der Waals surface area contributed by atoms with Gasteiger partial charge in [0.05, 0.1) is 5.56 Å². The molecular weight excluding hydrogens is 286 g/mol. The quantitative estimate of drug-likeness (QED) is 0.845. The van der Waals surface area contributed by atoms with Gasteiger partial charge in [0, 0.05) is 30.2 Å².